The van der Waals surface area contributed by atoms with Crippen LogP contribution in [0.4, 0.5) is 0 Å². The van der Waals surface area contributed by atoms with Crippen LogP contribution in [0.5, 0.6) is 23.0 Å². The highest BCUT2D eigenvalue weighted by Gasteiger charge is 2.18. The fourth-order valence-electron chi connectivity index (χ4n) is 2.96. The fraction of sp³-hybridized carbons (Fsp3) is 0.273. The van der Waals surface area contributed by atoms with E-state index in [1.54, 1.807) is 28.4 Å². The van der Waals surface area contributed by atoms with Gasteiger partial charge in [-0.2, -0.15) is 0 Å². The number of nitrogens with one attached hydrogen (secondary N) is 1. The number of benzene rings is 2. The minimum absolute atomic E-state index is 0.182. The molecule has 158 valence electrons. The monoisotopic (exact) mass is 428 g/mol. The van der Waals surface area contributed by atoms with Crippen LogP contribution in [0.25, 0.3) is 10.6 Å². The Morgan fingerprint density at radius 3 is 2.13 bits per heavy atom. The van der Waals surface area contributed by atoms with Crippen molar-refractivity contribution < 1.29 is 23.7 Å². The molecule has 0 saturated heterocycles. The summed E-state index contributed by atoms with van der Waals surface area (Å²) in [5.41, 5.74) is 2.45. The third-order valence-corrected chi connectivity index (χ3v) is 5.72. The van der Waals surface area contributed by atoms with Gasteiger partial charge in [0, 0.05) is 12.1 Å². The van der Waals surface area contributed by atoms with Crippen LogP contribution in [0.3, 0.4) is 0 Å². The molecule has 1 heterocycles. The zero-order valence-corrected chi connectivity index (χ0v) is 18.4. The van der Waals surface area contributed by atoms with E-state index in [2.05, 4.69) is 10.3 Å². The summed E-state index contributed by atoms with van der Waals surface area (Å²) >= 11 is 1.36. The lowest BCUT2D eigenvalue weighted by Crippen LogP contribution is -2.22. The van der Waals surface area contributed by atoms with Crippen LogP contribution >= 0.6 is 11.3 Å². The molecule has 0 bridgehead atoms. The lowest BCUT2D eigenvalue weighted by molar-refractivity contribution is 0.0954. The molecule has 0 unspecified atom stereocenters. The third kappa shape index (κ3) is 4.49. The van der Waals surface area contributed by atoms with Gasteiger partial charge in [0.05, 0.1) is 34.1 Å². The molecule has 1 N–H and O–H groups in total. The highest BCUT2D eigenvalue weighted by molar-refractivity contribution is 7.17. The van der Waals surface area contributed by atoms with E-state index in [4.69, 9.17) is 18.9 Å². The van der Waals surface area contributed by atoms with Crippen LogP contribution in [0.2, 0.25) is 0 Å². The van der Waals surface area contributed by atoms with Crippen LogP contribution in [-0.2, 0) is 6.54 Å². The number of thiazole rings is 1. The molecular formula is C22H24N2O5S. The van der Waals surface area contributed by atoms with Gasteiger partial charge in [-0.05, 0) is 48.9 Å². The van der Waals surface area contributed by atoms with Gasteiger partial charge in [0.25, 0.3) is 5.91 Å². The van der Waals surface area contributed by atoms with E-state index in [0.717, 1.165) is 21.9 Å². The lowest BCUT2D eigenvalue weighted by atomic mass is 10.1. The van der Waals surface area contributed by atoms with Gasteiger partial charge >= 0.3 is 0 Å². The van der Waals surface area contributed by atoms with E-state index in [0.29, 0.717) is 34.4 Å². The van der Waals surface area contributed by atoms with Crippen molar-refractivity contribution in [1.82, 2.24) is 10.3 Å². The number of hydrogen-bond donors (Lipinski definition) is 1. The second kappa shape index (κ2) is 9.49. The first-order valence-corrected chi connectivity index (χ1v) is 10.0. The molecule has 0 spiro atoms. The van der Waals surface area contributed by atoms with Gasteiger partial charge in [0.1, 0.15) is 15.6 Å². The molecule has 30 heavy (non-hydrogen) atoms. The van der Waals surface area contributed by atoms with Gasteiger partial charge in [0.15, 0.2) is 11.5 Å². The standard InChI is InChI=1S/C22H24N2O5S/c1-13-20(30-22(24-13)15-6-8-16(26-2)9-7-15)21(25)23-12-14-10-17(27-3)19(29-5)18(11-14)28-4/h6-11H,12H2,1-5H3,(H,23,25). The number of rotatable bonds is 8. The first kappa shape index (κ1) is 21.4. The Morgan fingerprint density at radius 1 is 0.967 bits per heavy atom. The predicted octanol–water partition coefficient (Wildman–Crippen LogP) is 4.08. The first-order chi connectivity index (χ1) is 14.5. The van der Waals surface area contributed by atoms with Gasteiger partial charge in [-0.25, -0.2) is 4.98 Å². The van der Waals surface area contributed by atoms with E-state index in [1.807, 2.05) is 43.3 Å². The molecular weight excluding hydrogens is 404 g/mol. The third-order valence-electron chi connectivity index (χ3n) is 4.52. The second-order valence-corrected chi connectivity index (χ2v) is 7.38. The highest BCUT2D eigenvalue weighted by Crippen LogP contribution is 2.38. The Labute approximate surface area is 179 Å². The van der Waals surface area contributed by atoms with Crippen molar-refractivity contribution in [3.05, 3.63) is 52.5 Å². The summed E-state index contributed by atoms with van der Waals surface area (Å²) in [7, 11) is 6.29. The maximum Gasteiger partial charge on any atom is 0.263 e. The fourth-order valence-corrected chi connectivity index (χ4v) is 3.95. The Hall–Kier alpha value is -3.26. The average Bonchev–Trinajstić information content (AvgIpc) is 3.18. The summed E-state index contributed by atoms with van der Waals surface area (Å²) in [5.74, 6) is 2.18. The van der Waals surface area contributed by atoms with E-state index in [1.165, 1.54) is 11.3 Å². The molecule has 3 aromatic rings. The molecule has 1 amide bonds. The minimum Gasteiger partial charge on any atom is -0.497 e. The second-order valence-electron chi connectivity index (χ2n) is 6.38. The molecule has 0 atom stereocenters. The van der Waals surface area contributed by atoms with Gasteiger partial charge in [0.2, 0.25) is 5.75 Å². The largest absolute Gasteiger partial charge is 0.497 e. The number of carbonyl (C=O) groups is 1. The average molecular weight is 429 g/mol. The Kier molecular flexibility index (Phi) is 6.79. The summed E-state index contributed by atoms with van der Waals surface area (Å²) in [6.45, 7) is 2.14. The maximum absolute atomic E-state index is 12.8. The highest BCUT2D eigenvalue weighted by atomic mass is 32.1. The van der Waals surface area contributed by atoms with Crippen LogP contribution in [0.1, 0.15) is 20.9 Å². The molecule has 2 aromatic carbocycles. The molecule has 3 rings (SSSR count). The maximum atomic E-state index is 12.8. The van der Waals surface area contributed by atoms with Crippen molar-refractivity contribution in [2.24, 2.45) is 0 Å². The first-order valence-electron chi connectivity index (χ1n) is 9.19. The van der Waals surface area contributed by atoms with Crippen molar-refractivity contribution >= 4 is 17.2 Å². The zero-order valence-electron chi connectivity index (χ0n) is 17.6. The summed E-state index contributed by atoms with van der Waals surface area (Å²) in [5, 5.41) is 3.72. The Balaban J connectivity index is 1.76. The molecule has 0 aliphatic rings. The summed E-state index contributed by atoms with van der Waals surface area (Å²) in [4.78, 5) is 17.9. The summed E-state index contributed by atoms with van der Waals surface area (Å²) < 4.78 is 21.2. The molecule has 8 heteroatoms. The summed E-state index contributed by atoms with van der Waals surface area (Å²) in [6.07, 6.45) is 0. The quantitative estimate of drug-likeness (QED) is 0.582. The number of aryl methyl sites for hydroxylation is 1. The molecule has 0 saturated carbocycles. The normalized spacial score (nSPS) is 10.4. The smallest absolute Gasteiger partial charge is 0.263 e. The molecule has 0 aliphatic heterocycles. The minimum atomic E-state index is -0.182. The van der Waals surface area contributed by atoms with Crippen molar-refractivity contribution in [3.8, 4) is 33.6 Å². The lowest BCUT2D eigenvalue weighted by Gasteiger charge is -2.14. The SMILES string of the molecule is COc1ccc(-c2nc(C)c(C(=O)NCc3cc(OC)c(OC)c(OC)c3)s2)cc1. The van der Waals surface area contributed by atoms with Gasteiger partial charge < -0.3 is 24.3 Å². The number of methoxy groups -OCH3 is 4. The number of hydrogen-bond acceptors (Lipinski definition) is 7. The Morgan fingerprint density at radius 2 is 1.60 bits per heavy atom. The number of carbonyl (C=O) groups excluding carboxylic acids is 1. The predicted molar refractivity (Wildman–Crippen MR) is 116 cm³/mol. The number of ether oxygens (including phenoxy) is 4. The molecule has 0 fully saturated rings. The van der Waals surface area contributed by atoms with Crippen molar-refractivity contribution in [1.29, 1.82) is 0 Å². The summed E-state index contributed by atoms with van der Waals surface area (Å²) in [6, 6.07) is 11.2. The van der Waals surface area contributed by atoms with Crippen molar-refractivity contribution in [3.63, 3.8) is 0 Å². The Bertz CT molecular complexity index is 1010. The molecule has 7 nitrogen and oxygen atoms in total. The molecule has 1 aromatic heterocycles. The topological polar surface area (TPSA) is 78.9 Å². The van der Waals surface area contributed by atoms with E-state index >= 15 is 0 Å². The van der Waals surface area contributed by atoms with Gasteiger partial charge in [-0.15, -0.1) is 11.3 Å². The van der Waals surface area contributed by atoms with Gasteiger partial charge in [-0.1, -0.05) is 0 Å². The number of amides is 1. The van der Waals surface area contributed by atoms with Crippen LogP contribution in [0.15, 0.2) is 36.4 Å². The molecule has 0 aliphatic carbocycles. The van der Waals surface area contributed by atoms with Crippen LogP contribution < -0.4 is 24.3 Å². The van der Waals surface area contributed by atoms with Crippen LogP contribution in [-0.4, -0.2) is 39.3 Å². The van der Waals surface area contributed by atoms with Crippen LogP contribution in [0, 0.1) is 6.92 Å². The molecule has 0 radical (unpaired) electrons. The van der Waals surface area contributed by atoms with Crippen molar-refractivity contribution in [2.75, 3.05) is 28.4 Å². The van der Waals surface area contributed by atoms with E-state index in [-0.39, 0.29) is 5.91 Å². The number of aromatic nitrogens is 1. The van der Waals surface area contributed by atoms with Gasteiger partial charge in [-0.3, -0.25) is 4.79 Å². The van der Waals surface area contributed by atoms with Crippen molar-refractivity contribution in [2.45, 2.75) is 13.5 Å². The van der Waals surface area contributed by atoms with E-state index in [9.17, 15) is 4.79 Å². The number of nitrogens with zero attached hydrogens (tertiary/aromatic N) is 1. The zero-order chi connectivity index (χ0) is 21.7. The van der Waals surface area contributed by atoms with E-state index < -0.39 is 0 Å².